The molecule has 0 bridgehead atoms. The molecule has 0 aliphatic heterocycles. The minimum atomic E-state index is -0.850. The van der Waals surface area contributed by atoms with E-state index >= 15 is 0 Å². The summed E-state index contributed by atoms with van der Waals surface area (Å²) >= 11 is 0. The van der Waals surface area contributed by atoms with E-state index in [4.69, 9.17) is 10.5 Å². The summed E-state index contributed by atoms with van der Waals surface area (Å²) < 4.78 is 18.9. The molecule has 0 fully saturated rings. The average Bonchev–Trinajstić information content (AvgIpc) is 2.31. The molecule has 4 nitrogen and oxygen atoms in total. The van der Waals surface area contributed by atoms with Crippen LogP contribution in [0.15, 0.2) is 18.2 Å². The summed E-state index contributed by atoms with van der Waals surface area (Å²) in [7, 11) is 0. The lowest BCUT2D eigenvalue weighted by Crippen LogP contribution is -2.31. The molecule has 0 saturated heterocycles. The van der Waals surface area contributed by atoms with Crippen LogP contribution in [-0.2, 0) is 4.79 Å². The number of carbonyl (C=O) groups excluding carboxylic acids is 1. The number of nitrogens with one attached hydrogen (secondary N) is 1. The van der Waals surface area contributed by atoms with Crippen LogP contribution in [0.5, 0.6) is 5.75 Å². The fourth-order valence-corrected chi connectivity index (χ4v) is 1.55. The molecule has 0 aliphatic carbocycles. The monoisotopic (exact) mass is 254 g/mol. The maximum absolute atomic E-state index is 13.8. The lowest BCUT2D eigenvalue weighted by molar-refractivity contribution is -0.124. The van der Waals surface area contributed by atoms with Gasteiger partial charge in [-0.3, -0.25) is 4.79 Å². The second-order valence-electron chi connectivity index (χ2n) is 4.13. The quantitative estimate of drug-likeness (QED) is 0.813. The van der Waals surface area contributed by atoms with Crippen LogP contribution < -0.4 is 15.8 Å². The Morgan fingerprint density at radius 2 is 2.17 bits per heavy atom. The van der Waals surface area contributed by atoms with Crippen LogP contribution in [0.3, 0.4) is 0 Å². The summed E-state index contributed by atoms with van der Waals surface area (Å²) in [5.41, 5.74) is 5.88. The lowest BCUT2D eigenvalue weighted by atomic mass is 10.1. The molecule has 0 spiro atoms. The van der Waals surface area contributed by atoms with E-state index in [0.717, 1.165) is 12.1 Å². The van der Waals surface area contributed by atoms with Crippen molar-refractivity contribution in [3.8, 4) is 5.75 Å². The lowest BCUT2D eigenvalue weighted by Gasteiger charge is -2.15. The Labute approximate surface area is 106 Å². The normalized spacial score (nSPS) is 14.0. The fraction of sp³-hybridized carbons (Fsp3) is 0.462. The SMILES string of the molecule is CCNC(C)c1ccc(OC(C)C(N)=O)c(F)c1. The van der Waals surface area contributed by atoms with Gasteiger partial charge in [0, 0.05) is 6.04 Å². The van der Waals surface area contributed by atoms with Crippen LogP contribution in [0.25, 0.3) is 0 Å². The topological polar surface area (TPSA) is 64.3 Å². The zero-order valence-electron chi connectivity index (χ0n) is 10.9. The van der Waals surface area contributed by atoms with E-state index in [2.05, 4.69) is 5.32 Å². The van der Waals surface area contributed by atoms with E-state index in [1.807, 2.05) is 13.8 Å². The van der Waals surface area contributed by atoms with Gasteiger partial charge in [0.2, 0.25) is 0 Å². The number of amides is 1. The smallest absolute Gasteiger partial charge is 0.258 e. The van der Waals surface area contributed by atoms with E-state index < -0.39 is 17.8 Å². The Morgan fingerprint density at radius 3 is 2.67 bits per heavy atom. The molecule has 1 rings (SSSR count). The Morgan fingerprint density at radius 1 is 1.50 bits per heavy atom. The number of hydrogen-bond donors (Lipinski definition) is 2. The van der Waals surface area contributed by atoms with E-state index in [1.165, 1.54) is 19.1 Å². The summed E-state index contributed by atoms with van der Waals surface area (Å²) in [6, 6.07) is 4.74. The third kappa shape index (κ3) is 3.70. The van der Waals surface area contributed by atoms with Crippen molar-refractivity contribution in [2.75, 3.05) is 6.54 Å². The molecule has 100 valence electrons. The summed E-state index contributed by atoms with van der Waals surface area (Å²) in [6.45, 7) is 6.22. The van der Waals surface area contributed by atoms with Crippen LogP contribution in [-0.4, -0.2) is 18.6 Å². The Kier molecular flexibility index (Phi) is 5.09. The zero-order valence-corrected chi connectivity index (χ0v) is 10.9. The van der Waals surface area contributed by atoms with Crippen LogP contribution >= 0.6 is 0 Å². The van der Waals surface area contributed by atoms with Crippen LogP contribution in [0, 0.1) is 5.82 Å². The molecule has 0 radical (unpaired) electrons. The highest BCUT2D eigenvalue weighted by atomic mass is 19.1. The molecule has 3 N–H and O–H groups in total. The maximum atomic E-state index is 13.8. The first kappa shape index (κ1) is 14.4. The largest absolute Gasteiger partial charge is 0.478 e. The van der Waals surface area contributed by atoms with Crippen LogP contribution in [0.2, 0.25) is 0 Å². The third-order valence-corrected chi connectivity index (χ3v) is 2.67. The first-order valence-electron chi connectivity index (χ1n) is 5.94. The van der Waals surface area contributed by atoms with Gasteiger partial charge in [-0.25, -0.2) is 4.39 Å². The van der Waals surface area contributed by atoms with Gasteiger partial charge in [0.1, 0.15) is 0 Å². The van der Waals surface area contributed by atoms with Crippen molar-refractivity contribution in [1.29, 1.82) is 0 Å². The predicted octanol–water partition coefficient (Wildman–Crippen LogP) is 1.75. The van der Waals surface area contributed by atoms with Gasteiger partial charge in [0.15, 0.2) is 17.7 Å². The van der Waals surface area contributed by atoms with Gasteiger partial charge >= 0.3 is 0 Å². The molecule has 1 amide bonds. The highest BCUT2D eigenvalue weighted by molar-refractivity contribution is 5.78. The van der Waals surface area contributed by atoms with Gasteiger partial charge in [-0.2, -0.15) is 0 Å². The summed E-state index contributed by atoms with van der Waals surface area (Å²) in [5, 5.41) is 3.19. The molecule has 18 heavy (non-hydrogen) atoms. The predicted molar refractivity (Wildman–Crippen MR) is 67.8 cm³/mol. The summed E-state index contributed by atoms with van der Waals surface area (Å²) in [5.74, 6) is -1.08. The highest BCUT2D eigenvalue weighted by Crippen LogP contribution is 2.22. The Bertz CT molecular complexity index is 423. The number of carbonyl (C=O) groups is 1. The van der Waals surface area contributed by atoms with Crippen molar-refractivity contribution in [3.05, 3.63) is 29.6 Å². The van der Waals surface area contributed by atoms with Crippen molar-refractivity contribution >= 4 is 5.91 Å². The van der Waals surface area contributed by atoms with Crippen molar-refractivity contribution in [2.24, 2.45) is 5.73 Å². The van der Waals surface area contributed by atoms with Gasteiger partial charge in [0.05, 0.1) is 0 Å². The molecular weight excluding hydrogens is 235 g/mol. The number of halogens is 1. The number of benzene rings is 1. The first-order chi connectivity index (χ1) is 8.45. The molecule has 0 saturated carbocycles. The second kappa shape index (κ2) is 6.35. The van der Waals surface area contributed by atoms with Gasteiger partial charge in [-0.05, 0) is 38.1 Å². The second-order valence-corrected chi connectivity index (χ2v) is 4.13. The van der Waals surface area contributed by atoms with Gasteiger partial charge < -0.3 is 15.8 Å². The van der Waals surface area contributed by atoms with Crippen molar-refractivity contribution < 1.29 is 13.9 Å². The van der Waals surface area contributed by atoms with Crippen molar-refractivity contribution in [1.82, 2.24) is 5.32 Å². The minimum absolute atomic E-state index is 0.0359. The molecule has 1 aromatic rings. The van der Waals surface area contributed by atoms with E-state index in [9.17, 15) is 9.18 Å². The third-order valence-electron chi connectivity index (χ3n) is 2.67. The van der Waals surface area contributed by atoms with Crippen molar-refractivity contribution in [3.63, 3.8) is 0 Å². The number of nitrogens with two attached hydrogens (primary N) is 1. The maximum Gasteiger partial charge on any atom is 0.258 e. The standard InChI is InChI=1S/C13H19FN2O2/c1-4-16-8(2)10-5-6-12(11(14)7-10)18-9(3)13(15)17/h5-9,16H,4H2,1-3H3,(H2,15,17). The molecule has 5 heteroatoms. The summed E-state index contributed by atoms with van der Waals surface area (Å²) in [6.07, 6.45) is -0.850. The molecule has 1 aromatic carbocycles. The Hall–Kier alpha value is -1.62. The highest BCUT2D eigenvalue weighted by Gasteiger charge is 2.14. The van der Waals surface area contributed by atoms with Crippen LogP contribution in [0.4, 0.5) is 4.39 Å². The number of rotatable bonds is 6. The molecule has 0 heterocycles. The number of hydrogen-bond acceptors (Lipinski definition) is 3. The first-order valence-corrected chi connectivity index (χ1v) is 5.94. The average molecular weight is 254 g/mol. The number of ether oxygens (including phenoxy) is 1. The minimum Gasteiger partial charge on any atom is -0.478 e. The molecule has 0 aliphatic rings. The molecule has 2 unspecified atom stereocenters. The van der Waals surface area contributed by atoms with E-state index in [-0.39, 0.29) is 11.8 Å². The Balaban J connectivity index is 2.82. The van der Waals surface area contributed by atoms with Gasteiger partial charge in [0.25, 0.3) is 5.91 Å². The van der Waals surface area contributed by atoms with E-state index in [1.54, 1.807) is 6.07 Å². The van der Waals surface area contributed by atoms with Gasteiger partial charge in [-0.15, -0.1) is 0 Å². The number of primary amides is 1. The van der Waals surface area contributed by atoms with Crippen LogP contribution in [0.1, 0.15) is 32.4 Å². The summed E-state index contributed by atoms with van der Waals surface area (Å²) in [4.78, 5) is 10.8. The zero-order chi connectivity index (χ0) is 13.7. The fourth-order valence-electron chi connectivity index (χ4n) is 1.55. The molecule has 0 aromatic heterocycles. The van der Waals surface area contributed by atoms with Crippen molar-refractivity contribution in [2.45, 2.75) is 32.9 Å². The van der Waals surface area contributed by atoms with Gasteiger partial charge in [-0.1, -0.05) is 13.0 Å². The molecule has 2 atom stereocenters. The van der Waals surface area contributed by atoms with E-state index in [0.29, 0.717) is 0 Å². The molecular formula is C13H19FN2O2.